The molecule has 0 aliphatic rings. The number of carboxylic acid groups (broad SMARTS) is 1. The summed E-state index contributed by atoms with van der Waals surface area (Å²) in [6.07, 6.45) is 2.81. The second-order valence-electron chi connectivity index (χ2n) is 5.41. The van der Waals surface area contributed by atoms with Crippen LogP contribution in [0.5, 0.6) is 0 Å². The van der Waals surface area contributed by atoms with Crippen molar-refractivity contribution in [2.24, 2.45) is 0 Å². The summed E-state index contributed by atoms with van der Waals surface area (Å²) in [6.45, 7) is 0. The summed E-state index contributed by atoms with van der Waals surface area (Å²) in [6, 6.07) is 15.2. The van der Waals surface area contributed by atoms with Gasteiger partial charge in [-0.15, -0.1) is 0 Å². The van der Waals surface area contributed by atoms with E-state index in [1.807, 2.05) is 0 Å². The summed E-state index contributed by atoms with van der Waals surface area (Å²) in [7, 11) is 0. The number of carbonyl (C=O) groups excluding carboxylic acids is 1. The van der Waals surface area contributed by atoms with Crippen LogP contribution in [0.3, 0.4) is 0 Å². The summed E-state index contributed by atoms with van der Waals surface area (Å²) in [5.74, 6) is -0.700. The number of rotatable bonds is 5. The maximum absolute atomic E-state index is 12.9. The first-order valence-electron chi connectivity index (χ1n) is 7.69. The van der Waals surface area contributed by atoms with Gasteiger partial charge in [0.05, 0.1) is 5.56 Å². The molecule has 1 amide bonds. The summed E-state index contributed by atoms with van der Waals surface area (Å²) in [4.78, 5) is 22.7. The highest BCUT2D eigenvalue weighted by atomic mass is 19.1. The number of hydrogen-bond acceptors (Lipinski definition) is 3. The van der Waals surface area contributed by atoms with Crippen molar-refractivity contribution >= 4 is 23.6 Å². The molecule has 130 valence electrons. The minimum Gasteiger partial charge on any atom is -0.478 e. The van der Waals surface area contributed by atoms with Crippen LogP contribution in [0.4, 0.5) is 10.1 Å². The average Bonchev–Trinajstić information content (AvgIpc) is 3.10. The Morgan fingerprint density at radius 1 is 0.962 bits per heavy atom. The minimum absolute atomic E-state index is 0.141. The topological polar surface area (TPSA) is 79.5 Å². The summed E-state index contributed by atoms with van der Waals surface area (Å²) in [5, 5.41) is 11.5. The molecule has 0 saturated heterocycles. The van der Waals surface area contributed by atoms with Gasteiger partial charge in [-0.1, -0.05) is 0 Å². The Hall–Kier alpha value is -3.67. The molecule has 1 heterocycles. The molecule has 0 aliphatic heterocycles. The van der Waals surface area contributed by atoms with Crippen LogP contribution in [0.2, 0.25) is 0 Å². The molecular weight excluding hydrogens is 337 g/mol. The Kier molecular flexibility index (Phi) is 4.94. The molecule has 3 rings (SSSR count). The molecule has 3 aromatic rings. The lowest BCUT2D eigenvalue weighted by Gasteiger charge is -2.02. The second-order valence-corrected chi connectivity index (χ2v) is 5.41. The number of carboxylic acids is 1. The van der Waals surface area contributed by atoms with Crippen molar-refractivity contribution < 1.29 is 23.5 Å². The van der Waals surface area contributed by atoms with E-state index in [1.165, 1.54) is 48.6 Å². The van der Waals surface area contributed by atoms with E-state index in [4.69, 9.17) is 9.52 Å². The second kappa shape index (κ2) is 7.48. The van der Waals surface area contributed by atoms with Gasteiger partial charge in [0.1, 0.15) is 17.3 Å². The average molecular weight is 351 g/mol. The van der Waals surface area contributed by atoms with Gasteiger partial charge in [-0.3, -0.25) is 4.79 Å². The number of amides is 1. The maximum Gasteiger partial charge on any atom is 0.335 e. The van der Waals surface area contributed by atoms with Gasteiger partial charge in [0.25, 0.3) is 0 Å². The molecule has 0 fully saturated rings. The Morgan fingerprint density at radius 2 is 1.65 bits per heavy atom. The molecule has 6 heteroatoms. The van der Waals surface area contributed by atoms with Crippen LogP contribution in [0, 0.1) is 5.82 Å². The zero-order chi connectivity index (χ0) is 18.5. The lowest BCUT2D eigenvalue weighted by atomic mass is 10.2. The van der Waals surface area contributed by atoms with Crippen molar-refractivity contribution in [1.29, 1.82) is 0 Å². The van der Waals surface area contributed by atoms with Crippen LogP contribution in [0.1, 0.15) is 16.1 Å². The molecule has 5 nitrogen and oxygen atoms in total. The van der Waals surface area contributed by atoms with Gasteiger partial charge in [0, 0.05) is 17.3 Å². The first-order chi connectivity index (χ1) is 12.5. The molecule has 2 N–H and O–H groups in total. The minimum atomic E-state index is -1.03. The van der Waals surface area contributed by atoms with Gasteiger partial charge < -0.3 is 14.8 Å². The van der Waals surface area contributed by atoms with Crippen LogP contribution in [0.25, 0.3) is 17.4 Å². The van der Waals surface area contributed by atoms with Crippen LogP contribution < -0.4 is 5.32 Å². The number of anilines is 1. The van der Waals surface area contributed by atoms with Crippen molar-refractivity contribution in [3.05, 3.63) is 83.9 Å². The molecule has 1 aromatic heterocycles. The van der Waals surface area contributed by atoms with Crippen LogP contribution >= 0.6 is 0 Å². The molecule has 0 atom stereocenters. The fourth-order valence-corrected chi connectivity index (χ4v) is 2.25. The van der Waals surface area contributed by atoms with Crippen molar-refractivity contribution in [3.8, 4) is 11.3 Å². The number of carbonyl (C=O) groups is 2. The highest BCUT2D eigenvalue weighted by Crippen LogP contribution is 2.23. The van der Waals surface area contributed by atoms with Crippen molar-refractivity contribution in [2.75, 3.05) is 5.32 Å². The van der Waals surface area contributed by atoms with Gasteiger partial charge >= 0.3 is 5.97 Å². The third-order valence-corrected chi connectivity index (χ3v) is 3.55. The molecule has 2 aromatic carbocycles. The number of halogens is 1. The maximum atomic E-state index is 12.9. The van der Waals surface area contributed by atoms with Crippen LogP contribution in [0.15, 0.2) is 71.2 Å². The highest BCUT2D eigenvalue weighted by Gasteiger charge is 2.05. The van der Waals surface area contributed by atoms with E-state index in [1.54, 1.807) is 24.3 Å². The first kappa shape index (κ1) is 17.2. The molecule has 0 spiro atoms. The Balaban J connectivity index is 1.63. The standard InChI is InChI=1S/C20H14FNO4/c21-15-5-1-13(2-6-15)18-11-9-17(26-18)10-12-19(23)22-16-7-3-14(4-8-16)20(24)25/h1-12H,(H,22,23)(H,24,25)/b12-10+. The predicted molar refractivity (Wildman–Crippen MR) is 95.2 cm³/mol. The van der Waals surface area contributed by atoms with E-state index in [2.05, 4.69) is 5.32 Å². The smallest absolute Gasteiger partial charge is 0.335 e. The zero-order valence-electron chi connectivity index (χ0n) is 13.5. The van der Waals surface area contributed by atoms with E-state index < -0.39 is 5.97 Å². The highest BCUT2D eigenvalue weighted by molar-refractivity contribution is 6.02. The fraction of sp³-hybridized carbons (Fsp3) is 0. The van der Waals surface area contributed by atoms with E-state index >= 15 is 0 Å². The Morgan fingerprint density at radius 3 is 2.31 bits per heavy atom. The normalized spacial score (nSPS) is 10.8. The third kappa shape index (κ3) is 4.24. The molecule has 0 aliphatic carbocycles. The largest absolute Gasteiger partial charge is 0.478 e. The predicted octanol–water partition coefficient (Wildman–Crippen LogP) is 4.44. The van der Waals surface area contributed by atoms with Crippen LogP contribution in [-0.4, -0.2) is 17.0 Å². The number of furan rings is 1. The van der Waals surface area contributed by atoms with E-state index in [0.717, 1.165) is 5.56 Å². The molecular formula is C20H14FNO4. The Labute approximate surface area is 148 Å². The zero-order valence-corrected chi connectivity index (χ0v) is 13.5. The van der Waals surface area contributed by atoms with Gasteiger partial charge in [-0.25, -0.2) is 9.18 Å². The molecule has 0 saturated carbocycles. The van der Waals surface area contributed by atoms with Crippen molar-refractivity contribution in [2.45, 2.75) is 0 Å². The summed E-state index contributed by atoms with van der Waals surface area (Å²) in [5.41, 5.74) is 1.35. The quantitative estimate of drug-likeness (QED) is 0.666. The van der Waals surface area contributed by atoms with Crippen LogP contribution in [-0.2, 0) is 4.79 Å². The molecule has 0 unspecified atom stereocenters. The van der Waals surface area contributed by atoms with Gasteiger partial charge in [-0.2, -0.15) is 0 Å². The van der Waals surface area contributed by atoms with Gasteiger partial charge in [0.15, 0.2) is 0 Å². The van der Waals surface area contributed by atoms with Crippen molar-refractivity contribution in [1.82, 2.24) is 0 Å². The molecule has 26 heavy (non-hydrogen) atoms. The SMILES string of the molecule is O=C(/C=C/c1ccc(-c2ccc(F)cc2)o1)Nc1ccc(C(=O)O)cc1. The number of benzene rings is 2. The van der Waals surface area contributed by atoms with E-state index in [9.17, 15) is 14.0 Å². The first-order valence-corrected chi connectivity index (χ1v) is 7.69. The lowest BCUT2D eigenvalue weighted by Crippen LogP contribution is -2.07. The lowest BCUT2D eigenvalue weighted by molar-refractivity contribution is -0.111. The number of nitrogens with one attached hydrogen (secondary N) is 1. The monoisotopic (exact) mass is 351 g/mol. The van der Waals surface area contributed by atoms with Crippen molar-refractivity contribution in [3.63, 3.8) is 0 Å². The number of hydrogen-bond donors (Lipinski definition) is 2. The molecule has 0 radical (unpaired) electrons. The Bertz CT molecular complexity index is 956. The fourth-order valence-electron chi connectivity index (χ4n) is 2.25. The van der Waals surface area contributed by atoms with E-state index in [-0.39, 0.29) is 17.3 Å². The van der Waals surface area contributed by atoms with E-state index in [0.29, 0.717) is 17.2 Å². The van der Waals surface area contributed by atoms with Gasteiger partial charge in [0.2, 0.25) is 5.91 Å². The summed E-state index contributed by atoms with van der Waals surface area (Å²) < 4.78 is 18.5. The van der Waals surface area contributed by atoms with Gasteiger partial charge in [-0.05, 0) is 66.7 Å². The summed E-state index contributed by atoms with van der Waals surface area (Å²) >= 11 is 0. The molecule has 0 bridgehead atoms. The number of aromatic carboxylic acids is 1. The third-order valence-electron chi connectivity index (χ3n) is 3.55.